The first-order chi connectivity index (χ1) is 12.6. The number of carbonyl (C=O) groups is 1. The standard InChI is InChI=1S/C19H19ClN4O2/c1-3-26-12-14-8-4-6-10-16(14)22-19(25)18-21-13(2)24(23-18)17-11-7-5-9-15(17)20/h4-11H,3,12H2,1-2H3,(H,22,25). The summed E-state index contributed by atoms with van der Waals surface area (Å²) >= 11 is 6.22. The van der Waals surface area contributed by atoms with Crippen LogP contribution in [0.5, 0.6) is 0 Å². The predicted molar refractivity (Wildman–Crippen MR) is 101 cm³/mol. The zero-order valence-corrected chi connectivity index (χ0v) is 15.3. The van der Waals surface area contributed by atoms with Crippen molar-refractivity contribution in [2.75, 3.05) is 11.9 Å². The zero-order valence-electron chi connectivity index (χ0n) is 14.6. The number of para-hydroxylation sites is 2. The molecule has 0 fully saturated rings. The molecule has 26 heavy (non-hydrogen) atoms. The Morgan fingerprint density at radius 3 is 2.69 bits per heavy atom. The van der Waals surface area contributed by atoms with E-state index in [1.54, 1.807) is 17.7 Å². The Bertz CT molecular complexity index is 923. The third-order valence-electron chi connectivity index (χ3n) is 3.78. The highest BCUT2D eigenvalue weighted by molar-refractivity contribution is 6.32. The molecule has 1 amide bonds. The number of anilines is 1. The highest BCUT2D eigenvalue weighted by Gasteiger charge is 2.17. The maximum atomic E-state index is 12.6. The molecule has 3 aromatic rings. The monoisotopic (exact) mass is 370 g/mol. The summed E-state index contributed by atoms with van der Waals surface area (Å²) in [5.41, 5.74) is 2.25. The van der Waals surface area contributed by atoms with Gasteiger partial charge in [0.15, 0.2) is 0 Å². The second kappa shape index (κ2) is 8.12. The van der Waals surface area contributed by atoms with Gasteiger partial charge in [0.1, 0.15) is 5.82 Å². The number of aromatic nitrogens is 3. The summed E-state index contributed by atoms with van der Waals surface area (Å²) in [7, 11) is 0. The van der Waals surface area contributed by atoms with Gasteiger partial charge < -0.3 is 10.1 Å². The van der Waals surface area contributed by atoms with Crippen molar-refractivity contribution >= 4 is 23.2 Å². The summed E-state index contributed by atoms with van der Waals surface area (Å²) in [5.74, 6) is 0.266. The van der Waals surface area contributed by atoms with Gasteiger partial charge in [0.25, 0.3) is 5.91 Å². The topological polar surface area (TPSA) is 69.0 Å². The van der Waals surface area contributed by atoms with Crippen LogP contribution in [-0.4, -0.2) is 27.3 Å². The van der Waals surface area contributed by atoms with Crippen LogP contribution in [0.1, 0.15) is 28.9 Å². The predicted octanol–water partition coefficient (Wildman–Crippen LogP) is 4.02. The molecule has 0 aliphatic carbocycles. The van der Waals surface area contributed by atoms with Gasteiger partial charge in [0.2, 0.25) is 5.82 Å². The molecule has 0 saturated heterocycles. The van der Waals surface area contributed by atoms with Crippen molar-refractivity contribution in [2.24, 2.45) is 0 Å². The van der Waals surface area contributed by atoms with Crippen molar-refractivity contribution in [3.8, 4) is 5.69 Å². The molecule has 1 N–H and O–H groups in total. The SMILES string of the molecule is CCOCc1ccccc1NC(=O)c1nc(C)n(-c2ccccc2Cl)n1. The summed E-state index contributed by atoms with van der Waals surface area (Å²) in [5, 5.41) is 7.70. The van der Waals surface area contributed by atoms with E-state index < -0.39 is 0 Å². The first kappa shape index (κ1) is 18.1. The lowest BCUT2D eigenvalue weighted by atomic mass is 10.2. The molecule has 134 valence electrons. The molecule has 0 bridgehead atoms. The summed E-state index contributed by atoms with van der Waals surface area (Å²) in [6.45, 7) is 4.73. The van der Waals surface area contributed by atoms with E-state index in [4.69, 9.17) is 16.3 Å². The Balaban J connectivity index is 1.84. The van der Waals surface area contributed by atoms with Crippen LogP contribution in [0.15, 0.2) is 48.5 Å². The summed E-state index contributed by atoms with van der Waals surface area (Å²) in [6.07, 6.45) is 0. The second-order valence-electron chi connectivity index (χ2n) is 5.59. The molecular formula is C19H19ClN4O2. The minimum absolute atomic E-state index is 0.0774. The summed E-state index contributed by atoms with van der Waals surface area (Å²) in [6, 6.07) is 14.8. The molecule has 0 atom stereocenters. The summed E-state index contributed by atoms with van der Waals surface area (Å²) in [4.78, 5) is 16.9. The fourth-order valence-corrected chi connectivity index (χ4v) is 2.71. The average molecular weight is 371 g/mol. The number of nitrogens with one attached hydrogen (secondary N) is 1. The number of nitrogens with zero attached hydrogens (tertiary/aromatic N) is 3. The molecule has 0 saturated carbocycles. The largest absolute Gasteiger partial charge is 0.377 e. The lowest BCUT2D eigenvalue weighted by Gasteiger charge is -2.09. The van der Waals surface area contributed by atoms with Crippen LogP contribution in [-0.2, 0) is 11.3 Å². The molecule has 6 nitrogen and oxygen atoms in total. The molecule has 0 unspecified atom stereocenters. The minimum atomic E-state index is -0.386. The van der Waals surface area contributed by atoms with Crippen LogP contribution < -0.4 is 5.32 Å². The molecule has 2 aromatic carbocycles. The molecule has 1 aromatic heterocycles. The number of ether oxygens (including phenoxy) is 1. The molecule has 0 aliphatic heterocycles. The van der Waals surface area contributed by atoms with Gasteiger partial charge in [-0.05, 0) is 32.0 Å². The molecule has 0 aliphatic rings. The van der Waals surface area contributed by atoms with Gasteiger partial charge in [0, 0.05) is 17.9 Å². The number of carbonyl (C=O) groups excluding carboxylic acids is 1. The van der Waals surface area contributed by atoms with Crippen molar-refractivity contribution in [1.82, 2.24) is 14.8 Å². The third-order valence-corrected chi connectivity index (χ3v) is 4.10. The van der Waals surface area contributed by atoms with Crippen LogP contribution in [0.3, 0.4) is 0 Å². The zero-order chi connectivity index (χ0) is 18.5. The van der Waals surface area contributed by atoms with Crippen molar-refractivity contribution in [1.29, 1.82) is 0 Å². The number of halogens is 1. The lowest BCUT2D eigenvalue weighted by Crippen LogP contribution is -2.15. The van der Waals surface area contributed by atoms with E-state index >= 15 is 0 Å². The number of benzene rings is 2. The van der Waals surface area contributed by atoms with Crippen LogP contribution >= 0.6 is 11.6 Å². The van der Waals surface area contributed by atoms with Gasteiger partial charge >= 0.3 is 0 Å². The Morgan fingerprint density at radius 2 is 1.92 bits per heavy atom. The van der Waals surface area contributed by atoms with Crippen LogP contribution in [0.25, 0.3) is 5.69 Å². The van der Waals surface area contributed by atoms with E-state index in [9.17, 15) is 4.79 Å². The molecule has 0 radical (unpaired) electrons. The Kier molecular flexibility index (Phi) is 5.65. The number of aryl methyl sites for hydroxylation is 1. The van der Waals surface area contributed by atoms with Gasteiger partial charge in [-0.3, -0.25) is 4.79 Å². The van der Waals surface area contributed by atoms with E-state index in [-0.39, 0.29) is 11.7 Å². The first-order valence-electron chi connectivity index (χ1n) is 8.25. The van der Waals surface area contributed by atoms with Gasteiger partial charge in [-0.1, -0.05) is 41.9 Å². The molecule has 3 rings (SSSR count). The summed E-state index contributed by atoms with van der Waals surface area (Å²) < 4.78 is 7.00. The van der Waals surface area contributed by atoms with E-state index in [2.05, 4.69) is 15.4 Å². The fourth-order valence-electron chi connectivity index (χ4n) is 2.50. The quantitative estimate of drug-likeness (QED) is 0.711. The smallest absolute Gasteiger partial charge is 0.295 e. The van der Waals surface area contributed by atoms with Crippen molar-refractivity contribution in [3.63, 3.8) is 0 Å². The van der Waals surface area contributed by atoms with Crippen molar-refractivity contribution in [3.05, 3.63) is 70.8 Å². The highest BCUT2D eigenvalue weighted by Crippen LogP contribution is 2.21. The number of hydrogen-bond acceptors (Lipinski definition) is 4. The number of hydrogen-bond donors (Lipinski definition) is 1. The van der Waals surface area contributed by atoms with E-state index in [1.165, 1.54) is 0 Å². The van der Waals surface area contributed by atoms with Gasteiger partial charge in [-0.15, -0.1) is 5.10 Å². The van der Waals surface area contributed by atoms with Gasteiger partial charge in [0.05, 0.1) is 17.3 Å². The first-order valence-corrected chi connectivity index (χ1v) is 8.63. The molecular weight excluding hydrogens is 352 g/mol. The Hall–Kier alpha value is -2.70. The van der Waals surface area contributed by atoms with Crippen molar-refractivity contribution < 1.29 is 9.53 Å². The van der Waals surface area contributed by atoms with E-state index in [0.717, 1.165) is 5.56 Å². The number of amides is 1. The lowest BCUT2D eigenvalue weighted by molar-refractivity contribution is 0.101. The molecule has 7 heteroatoms. The molecule has 1 heterocycles. The maximum absolute atomic E-state index is 12.6. The minimum Gasteiger partial charge on any atom is -0.377 e. The maximum Gasteiger partial charge on any atom is 0.295 e. The van der Waals surface area contributed by atoms with E-state index in [0.29, 0.717) is 35.4 Å². The number of rotatable bonds is 6. The van der Waals surface area contributed by atoms with Crippen molar-refractivity contribution in [2.45, 2.75) is 20.5 Å². The Morgan fingerprint density at radius 1 is 1.19 bits per heavy atom. The average Bonchev–Trinajstić information content (AvgIpc) is 3.03. The normalized spacial score (nSPS) is 10.7. The molecule has 0 spiro atoms. The highest BCUT2D eigenvalue weighted by atomic mass is 35.5. The van der Waals surface area contributed by atoms with Gasteiger partial charge in [-0.2, -0.15) is 0 Å². The second-order valence-corrected chi connectivity index (χ2v) is 6.00. The van der Waals surface area contributed by atoms with Crippen LogP contribution in [0.4, 0.5) is 5.69 Å². The van der Waals surface area contributed by atoms with Crippen LogP contribution in [0, 0.1) is 6.92 Å². The van der Waals surface area contributed by atoms with Gasteiger partial charge in [-0.25, -0.2) is 9.67 Å². The third kappa shape index (κ3) is 3.92. The van der Waals surface area contributed by atoms with E-state index in [1.807, 2.05) is 49.4 Å². The van der Waals surface area contributed by atoms with Crippen LogP contribution in [0.2, 0.25) is 5.02 Å². The fraction of sp³-hybridized carbons (Fsp3) is 0.211. The Labute approximate surface area is 156 Å².